The van der Waals surface area contributed by atoms with Crippen LogP contribution in [-0.4, -0.2) is 128 Å². The monoisotopic (exact) mass is 950 g/mol. The molecule has 0 aliphatic heterocycles. The molecule has 67 heavy (non-hydrogen) atoms. The van der Waals surface area contributed by atoms with E-state index in [2.05, 4.69) is 20.6 Å². The van der Waals surface area contributed by atoms with Crippen LogP contribution in [0.1, 0.15) is 174 Å². The number of rotatable bonds is 48. The average Bonchev–Trinajstić information content (AvgIpc) is 3.80. The van der Waals surface area contributed by atoms with Gasteiger partial charge < -0.3 is 45.4 Å². The Labute approximate surface area is 400 Å². The molecule has 0 bridgehead atoms. The summed E-state index contributed by atoms with van der Waals surface area (Å²) in [5.41, 5.74) is 5.86. The number of nitrogens with two attached hydrogens (primary N) is 1. The van der Waals surface area contributed by atoms with Crippen molar-refractivity contribution in [1.82, 2.24) is 20.6 Å². The second kappa shape index (κ2) is 40.0. The third-order valence-corrected chi connectivity index (χ3v) is 11.7. The highest BCUT2D eigenvalue weighted by Crippen LogP contribution is 2.28. The Bertz CT molecular complexity index is 1510. The Morgan fingerprint density at radius 3 is 1.70 bits per heavy atom. The first-order chi connectivity index (χ1) is 32.2. The van der Waals surface area contributed by atoms with E-state index in [0.29, 0.717) is 77.7 Å². The van der Waals surface area contributed by atoms with Gasteiger partial charge in [-0.1, -0.05) is 97.3 Å². The molecule has 17 nitrogen and oxygen atoms in total. The van der Waals surface area contributed by atoms with Crippen LogP contribution in [0.25, 0.3) is 0 Å². The highest BCUT2D eigenvalue weighted by atomic mass is 16.5. The van der Waals surface area contributed by atoms with E-state index in [-0.39, 0.29) is 87.4 Å². The van der Waals surface area contributed by atoms with E-state index in [4.69, 9.17) is 29.8 Å². The Hall–Kier alpha value is -3.90. The van der Waals surface area contributed by atoms with E-state index in [1.54, 1.807) is 20.0 Å². The van der Waals surface area contributed by atoms with Crippen molar-refractivity contribution in [3.63, 3.8) is 0 Å². The van der Waals surface area contributed by atoms with Gasteiger partial charge in [0.05, 0.1) is 45.4 Å². The summed E-state index contributed by atoms with van der Waals surface area (Å²) in [4.78, 5) is 91.9. The van der Waals surface area contributed by atoms with Crippen LogP contribution >= 0.6 is 0 Å². The third-order valence-electron chi connectivity index (χ3n) is 11.7. The lowest BCUT2D eigenvalue weighted by Crippen LogP contribution is -2.38. The first-order valence-corrected chi connectivity index (χ1v) is 25.1. The fourth-order valence-electron chi connectivity index (χ4n) is 7.46. The van der Waals surface area contributed by atoms with Crippen molar-refractivity contribution in [2.75, 3.05) is 65.9 Å². The number of aromatic amines is 1. The lowest BCUT2D eigenvalue weighted by molar-refractivity contribution is -0.137. The molecule has 1 aromatic rings. The van der Waals surface area contributed by atoms with E-state index in [9.17, 15) is 33.6 Å². The quantitative estimate of drug-likeness (QED) is 0.0433. The predicted octanol–water partition coefficient (Wildman–Crippen LogP) is 6.57. The number of hydrogen-bond donors (Lipinski definition) is 5. The molecule has 0 saturated carbocycles. The Morgan fingerprint density at radius 2 is 1.16 bits per heavy atom. The van der Waals surface area contributed by atoms with E-state index in [1.165, 1.54) is 71.0 Å². The number of nitrogens with zero attached hydrogens (tertiary/aromatic N) is 1. The Kier molecular flexibility index (Phi) is 36.5. The lowest BCUT2D eigenvalue weighted by Gasteiger charge is -2.26. The summed E-state index contributed by atoms with van der Waals surface area (Å²) < 4.78 is 21.7. The van der Waals surface area contributed by atoms with Gasteiger partial charge in [-0.25, -0.2) is 4.98 Å². The molecule has 1 rings (SSSR count). The van der Waals surface area contributed by atoms with Crippen LogP contribution in [0, 0.1) is 11.3 Å². The van der Waals surface area contributed by atoms with Crippen LogP contribution in [0.4, 0.5) is 0 Å². The molecule has 0 unspecified atom stereocenters. The van der Waals surface area contributed by atoms with Crippen molar-refractivity contribution < 1.29 is 57.6 Å². The number of amides is 2. The largest absolute Gasteiger partial charge is 0.481 e. The van der Waals surface area contributed by atoms with Gasteiger partial charge in [0.1, 0.15) is 30.6 Å². The zero-order chi connectivity index (χ0) is 49.4. The topological polar surface area (TPSA) is 255 Å². The number of carboxylic acid groups (broad SMARTS) is 1. The molecule has 0 saturated heterocycles. The molecule has 0 spiro atoms. The van der Waals surface area contributed by atoms with Crippen molar-refractivity contribution in [1.29, 1.82) is 0 Å². The molecule has 0 radical (unpaired) electrons. The highest BCUT2D eigenvalue weighted by molar-refractivity contribution is 5.94. The molecule has 1 aromatic heterocycles. The average molecular weight is 950 g/mol. The Balaban J connectivity index is 1.91. The van der Waals surface area contributed by atoms with E-state index >= 15 is 0 Å². The van der Waals surface area contributed by atoms with E-state index < -0.39 is 23.3 Å². The third kappa shape index (κ3) is 35.8. The number of Topliss-reactive ketones (excluding diaryl/α,β-unsaturated/α-hetero) is 4. The summed E-state index contributed by atoms with van der Waals surface area (Å²) in [6.07, 6.45) is 23.6. The van der Waals surface area contributed by atoms with Crippen molar-refractivity contribution in [3.05, 3.63) is 18.2 Å². The normalized spacial score (nSPS) is 12.4. The summed E-state index contributed by atoms with van der Waals surface area (Å²) in [5.74, 6) is -1.89. The number of carboxylic acids is 1. The number of ketones is 4. The van der Waals surface area contributed by atoms with Gasteiger partial charge in [-0.2, -0.15) is 0 Å². The van der Waals surface area contributed by atoms with Crippen molar-refractivity contribution in [2.45, 2.75) is 181 Å². The van der Waals surface area contributed by atoms with Crippen molar-refractivity contribution >= 4 is 40.9 Å². The zero-order valence-corrected chi connectivity index (χ0v) is 41.3. The molecule has 384 valence electrons. The summed E-state index contributed by atoms with van der Waals surface area (Å²) in [6, 6.07) is -0.759. The fraction of sp³-hybridized carbons (Fsp3) is 0.800. The van der Waals surface area contributed by atoms with Gasteiger partial charge in [-0.15, -0.1) is 0 Å². The molecule has 0 aliphatic carbocycles. The Morgan fingerprint density at radius 1 is 0.657 bits per heavy atom. The van der Waals surface area contributed by atoms with Gasteiger partial charge in [-0.3, -0.25) is 33.6 Å². The molecular formula is C50H87N5O12. The minimum absolute atomic E-state index is 0.0141. The van der Waals surface area contributed by atoms with Crippen molar-refractivity contribution in [2.24, 2.45) is 17.1 Å². The number of nitrogens with one attached hydrogen (secondary N) is 3. The highest BCUT2D eigenvalue weighted by Gasteiger charge is 2.34. The summed E-state index contributed by atoms with van der Waals surface area (Å²) in [5, 5.41) is 14.1. The minimum Gasteiger partial charge on any atom is -0.481 e. The zero-order valence-electron chi connectivity index (χ0n) is 41.3. The summed E-state index contributed by atoms with van der Waals surface area (Å²) in [6.45, 7) is 7.19. The van der Waals surface area contributed by atoms with E-state index in [0.717, 1.165) is 37.8 Å². The first-order valence-electron chi connectivity index (χ1n) is 25.1. The number of ether oxygens (including phenoxy) is 4. The van der Waals surface area contributed by atoms with Crippen LogP contribution in [0.2, 0.25) is 0 Å². The number of unbranched alkanes of at least 4 members (excludes halogenated alkanes) is 14. The SMILES string of the molecule is CC(=O)[C@H](CCCCNC(=O)COCCOCCNC(=O)COCCOCCCC(=O)CCCCCCCCCCCCCCCCC(=O)O)CC(=O)C(C)(C)CC(=O)[C@@H](N)Cc1cnc[nH]1. The van der Waals surface area contributed by atoms with Crippen molar-refractivity contribution in [3.8, 4) is 0 Å². The summed E-state index contributed by atoms with van der Waals surface area (Å²) >= 11 is 0. The van der Waals surface area contributed by atoms with Gasteiger partial charge in [0, 0.05) is 81.4 Å². The van der Waals surface area contributed by atoms with Gasteiger partial charge in [0.2, 0.25) is 11.8 Å². The minimum atomic E-state index is -0.955. The number of hydrogen-bond acceptors (Lipinski definition) is 13. The van der Waals surface area contributed by atoms with Gasteiger partial charge in [0.25, 0.3) is 0 Å². The van der Waals surface area contributed by atoms with Crippen LogP contribution in [0.5, 0.6) is 0 Å². The molecule has 0 fully saturated rings. The maximum absolute atomic E-state index is 13.1. The van der Waals surface area contributed by atoms with Gasteiger partial charge in [0.15, 0.2) is 5.78 Å². The summed E-state index contributed by atoms with van der Waals surface area (Å²) in [7, 11) is 0. The second-order valence-electron chi connectivity index (χ2n) is 18.4. The molecule has 0 aromatic carbocycles. The molecule has 17 heteroatoms. The smallest absolute Gasteiger partial charge is 0.303 e. The number of carbonyl (C=O) groups is 7. The maximum Gasteiger partial charge on any atom is 0.303 e. The molecule has 6 N–H and O–H groups in total. The first kappa shape index (κ1) is 61.1. The molecule has 0 aliphatic rings. The number of aromatic nitrogens is 2. The van der Waals surface area contributed by atoms with Crippen LogP contribution in [-0.2, 0) is 58.9 Å². The van der Waals surface area contributed by atoms with E-state index in [1.807, 2.05) is 0 Å². The standard InChI is InChI=1S/C50H87N5O12/c1-40(56)41(33-46(59)50(2,3)35-45(58)44(51)34-42-36-52-39-55-42)21-18-19-25-53-47(60)37-67-32-30-65-28-26-54-48(61)38-66-31-29-64-27-20-23-43(57)22-16-14-12-10-8-6-4-5-7-9-11-13-15-17-24-49(62)63/h36,39,41,44H,4-35,37-38,51H2,1-3H3,(H,52,55)(H,53,60)(H,54,61)(H,62,63)/t41-,44+/m1/s1. The number of H-pyrrole nitrogens is 1. The lowest BCUT2D eigenvalue weighted by atomic mass is 9.77. The van der Waals surface area contributed by atoms with Crippen LogP contribution < -0.4 is 16.4 Å². The second-order valence-corrected chi connectivity index (χ2v) is 18.4. The predicted molar refractivity (Wildman–Crippen MR) is 256 cm³/mol. The molecule has 2 atom stereocenters. The van der Waals surface area contributed by atoms with Crippen LogP contribution in [0.15, 0.2) is 12.5 Å². The van der Waals surface area contributed by atoms with Gasteiger partial charge >= 0.3 is 5.97 Å². The number of aliphatic carboxylic acids is 1. The van der Waals surface area contributed by atoms with Gasteiger partial charge in [-0.05, 0) is 39.0 Å². The van der Waals surface area contributed by atoms with Crippen LogP contribution in [0.3, 0.4) is 0 Å². The molecule has 1 heterocycles. The molecular weight excluding hydrogens is 863 g/mol. The number of carbonyl (C=O) groups excluding carboxylic acids is 6. The fourth-order valence-corrected chi connectivity index (χ4v) is 7.46. The number of imidazole rings is 1. The maximum atomic E-state index is 13.1. The molecule has 2 amide bonds.